The summed E-state index contributed by atoms with van der Waals surface area (Å²) in [4.78, 5) is 19.8. The van der Waals surface area contributed by atoms with Crippen LogP contribution in [0.15, 0.2) is 23.0 Å². The zero-order valence-electron chi connectivity index (χ0n) is 15.1. The second-order valence-electron chi connectivity index (χ2n) is 6.14. The van der Waals surface area contributed by atoms with Gasteiger partial charge in [-0.1, -0.05) is 12.8 Å². The van der Waals surface area contributed by atoms with E-state index in [4.69, 9.17) is 11.5 Å². The number of allylic oxidation sites excluding steroid dienone is 1. The minimum atomic E-state index is -0.791. The summed E-state index contributed by atoms with van der Waals surface area (Å²) < 4.78 is 14.5. The quantitative estimate of drug-likeness (QED) is 0.462. The van der Waals surface area contributed by atoms with Gasteiger partial charge in [0.25, 0.3) is 5.91 Å². The number of nitrogens with one attached hydrogen (secondary N) is 3. The molecule has 9 heteroatoms. The molecule has 0 radical (unpaired) electrons. The zero-order chi connectivity index (χ0) is 19.1. The normalized spacial score (nSPS) is 21.0. The van der Waals surface area contributed by atoms with Crippen molar-refractivity contribution in [3.8, 4) is 0 Å². The number of amides is 1. The predicted molar refractivity (Wildman–Crippen MR) is 102 cm³/mol. The van der Waals surface area contributed by atoms with E-state index in [0.717, 1.165) is 31.7 Å². The van der Waals surface area contributed by atoms with Gasteiger partial charge in [-0.25, -0.2) is 9.37 Å². The maximum absolute atomic E-state index is 14.5. The van der Waals surface area contributed by atoms with Gasteiger partial charge in [0.2, 0.25) is 0 Å². The molecule has 1 fully saturated rings. The first kappa shape index (κ1) is 19.6. The Labute approximate surface area is 152 Å². The molecule has 2 rings (SSSR count). The highest BCUT2D eigenvalue weighted by Gasteiger charge is 2.26. The number of halogens is 1. The molecule has 0 unspecified atom stereocenters. The van der Waals surface area contributed by atoms with Crippen LogP contribution in [0.1, 0.15) is 36.0 Å². The Hall–Kier alpha value is -2.68. The van der Waals surface area contributed by atoms with Crippen LogP contribution in [0, 0.1) is 5.82 Å². The second kappa shape index (κ2) is 9.14. The Balaban J connectivity index is 2.34. The molecule has 0 saturated heterocycles. The summed E-state index contributed by atoms with van der Waals surface area (Å²) in [5.74, 6) is -1.24. The summed E-state index contributed by atoms with van der Waals surface area (Å²) in [6.45, 7) is 0. The van der Waals surface area contributed by atoms with Crippen molar-refractivity contribution in [3.63, 3.8) is 0 Å². The number of aliphatic imine (C=N–C) groups is 1. The molecule has 1 amide bonds. The molecule has 8 nitrogen and oxygen atoms in total. The van der Waals surface area contributed by atoms with Crippen molar-refractivity contribution in [1.82, 2.24) is 10.3 Å². The molecule has 7 N–H and O–H groups in total. The highest BCUT2D eigenvalue weighted by Crippen LogP contribution is 2.26. The molecule has 0 bridgehead atoms. The predicted octanol–water partition coefficient (Wildman–Crippen LogP) is 1.17. The maximum atomic E-state index is 14.5. The van der Waals surface area contributed by atoms with Gasteiger partial charge in [0.1, 0.15) is 5.82 Å². The van der Waals surface area contributed by atoms with Crippen LogP contribution in [0.2, 0.25) is 0 Å². The monoisotopic (exact) mass is 363 g/mol. The van der Waals surface area contributed by atoms with Crippen LogP contribution in [0.3, 0.4) is 0 Å². The number of carbonyl (C=O) groups excluding carboxylic acids is 1. The van der Waals surface area contributed by atoms with E-state index in [1.54, 1.807) is 7.05 Å². The van der Waals surface area contributed by atoms with Crippen LogP contribution in [-0.2, 0) is 0 Å². The second-order valence-corrected chi connectivity index (χ2v) is 6.14. The molecule has 142 valence electrons. The lowest BCUT2D eigenvalue weighted by Gasteiger charge is -2.32. The molecule has 0 spiro atoms. The van der Waals surface area contributed by atoms with Crippen molar-refractivity contribution < 1.29 is 9.18 Å². The maximum Gasteiger partial charge on any atom is 0.252 e. The number of rotatable bonds is 7. The fourth-order valence-electron chi connectivity index (χ4n) is 3.09. The summed E-state index contributed by atoms with van der Waals surface area (Å²) in [6, 6.07) is 1.35. The molecule has 1 aliphatic rings. The van der Waals surface area contributed by atoms with Crippen molar-refractivity contribution >= 4 is 23.8 Å². The number of anilines is 2. The van der Waals surface area contributed by atoms with Crippen molar-refractivity contribution in [2.24, 2.45) is 16.5 Å². The molecule has 1 saturated carbocycles. The first-order valence-corrected chi connectivity index (χ1v) is 8.55. The number of nitrogens with two attached hydrogens (primary N) is 2. The van der Waals surface area contributed by atoms with Gasteiger partial charge in [-0.15, -0.1) is 0 Å². The van der Waals surface area contributed by atoms with E-state index >= 15 is 0 Å². The highest BCUT2D eigenvalue weighted by atomic mass is 19.1. The number of hydrogen-bond acceptors (Lipinski definition) is 7. The number of hydrogen-bond donors (Lipinski definition) is 5. The first-order chi connectivity index (χ1) is 12.5. The third-order valence-corrected chi connectivity index (χ3v) is 4.41. The van der Waals surface area contributed by atoms with Gasteiger partial charge in [-0.2, -0.15) is 0 Å². The van der Waals surface area contributed by atoms with Gasteiger partial charge < -0.3 is 27.4 Å². The molecule has 1 aromatic rings. The fourth-order valence-corrected chi connectivity index (χ4v) is 3.09. The lowest BCUT2D eigenvalue weighted by molar-refractivity contribution is 0.100. The highest BCUT2D eigenvalue weighted by molar-refractivity contribution is 5.99. The molecule has 0 aliphatic heterocycles. The number of carbonyl (C=O) groups is 1. The number of primary amides is 1. The standard InChI is InChI=1S/C17H26FN7O/c1-21-9-10(8-19)23-16-11(15(20)26)7-12(18)17(25-16)24-14-6-4-3-5-13(14)22-2/h7-9,13-14,22H,3-6,19H2,1-2H3,(H2,20,26)(H2,23,24,25)/t13-,14+/m0/s1. The summed E-state index contributed by atoms with van der Waals surface area (Å²) >= 11 is 0. The fraction of sp³-hybridized carbons (Fsp3) is 0.471. The molecule has 1 heterocycles. The lowest BCUT2D eigenvalue weighted by atomic mass is 9.90. The van der Waals surface area contributed by atoms with E-state index in [1.165, 1.54) is 12.4 Å². The van der Waals surface area contributed by atoms with Gasteiger partial charge in [-0.3, -0.25) is 9.79 Å². The lowest BCUT2D eigenvalue weighted by Crippen LogP contribution is -2.45. The Morgan fingerprint density at radius 1 is 1.35 bits per heavy atom. The topological polar surface area (TPSA) is 130 Å². The van der Waals surface area contributed by atoms with Crippen molar-refractivity contribution in [2.45, 2.75) is 37.8 Å². The summed E-state index contributed by atoms with van der Waals surface area (Å²) in [5, 5.41) is 9.27. The summed E-state index contributed by atoms with van der Waals surface area (Å²) in [5.41, 5.74) is 11.2. The van der Waals surface area contributed by atoms with Crippen LogP contribution >= 0.6 is 0 Å². The Morgan fingerprint density at radius 2 is 2.04 bits per heavy atom. The van der Waals surface area contributed by atoms with E-state index in [1.807, 2.05) is 7.05 Å². The molecule has 26 heavy (non-hydrogen) atoms. The van der Waals surface area contributed by atoms with Gasteiger partial charge >= 0.3 is 0 Å². The van der Waals surface area contributed by atoms with Crippen molar-refractivity contribution in [1.29, 1.82) is 0 Å². The summed E-state index contributed by atoms with van der Waals surface area (Å²) in [7, 11) is 3.46. The first-order valence-electron chi connectivity index (χ1n) is 8.55. The molecule has 1 aromatic heterocycles. The largest absolute Gasteiger partial charge is 0.403 e. The molecular weight excluding hydrogens is 337 g/mol. The van der Waals surface area contributed by atoms with E-state index in [0.29, 0.717) is 5.70 Å². The van der Waals surface area contributed by atoms with Crippen LogP contribution in [-0.4, -0.2) is 43.3 Å². The van der Waals surface area contributed by atoms with E-state index in [2.05, 4.69) is 25.9 Å². The Kier molecular flexibility index (Phi) is 6.90. The number of aromatic nitrogens is 1. The third-order valence-electron chi connectivity index (χ3n) is 4.41. The minimum absolute atomic E-state index is 0.0461. The number of likely N-dealkylation sites (N-methyl/N-ethyl adjacent to an activating group) is 1. The van der Waals surface area contributed by atoms with Crippen LogP contribution in [0.5, 0.6) is 0 Å². The Morgan fingerprint density at radius 3 is 2.62 bits per heavy atom. The van der Waals surface area contributed by atoms with Crippen LogP contribution in [0.4, 0.5) is 16.0 Å². The van der Waals surface area contributed by atoms with Gasteiger partial charge in [-0.05, 0) is 26.0 Å². The number of nitrogens with zero attached hydrogens (tertiary/aromatic N) is 2. The molecule has 2 atom stereocenters. The smallest absolute Gasteiger partial charge is 0.252 e. The van der Waals surface area contributed by atoms with Crippen LogP contribution < -0.4 is 27.4 Å². The third kappa shape index (κ3) is 4.69. The van der Waals surface area contributed by atoms with Crippen LogP contribution in [0.25, 0.3) is 0 Å². The van der Waals surface area contributed by atoms with E-state index in [9.17, 15) is 9.18 Å². The van der Waals surface area contributed by atoms with E-state index < -0.39 is 11.7 Å². The van der Waals surface area contributed by atoms with Crippen molar-refractivity contribution in [2.75, 3.05) is 24.7 Å². The van der Waals surface area contributed by atoms with Gasteiger partial charge in [0.05, 0.1) is 11.3 Å². The van der Waals surface area contributed by atoms with Gasteiger partial charge in [0.15, 0.2) is 11.6 Å². The molecule has 1 aliphatic carbocycles. The number of pyridine rings is 1. The van der Waals surface area contributed by atoms with Crippen molar-refractivity contribution in [3.05, 3.63) is 29.3 Å². The zero-order valence-corrected chi connectivity index (χ0v) is 15.1. The van der Waals surface area contributed by atoms with E-state index in [-0.39, 0.29) is 29.3 Å². The average Bonchev–Trinajstić information content (AvgIpc) is 2.63. The average molecular weight is 363 g/mol. The minimum Gasteiger partial charge on any atom is -0.403 e. The SMILES string of the molecule is CN=CC(=CN)Nc1nc(N[C@@H]2CCCC[C@@H]2NC)c(F)cc1C(N)=O. The summed E-state index contributed by atoms with van der Waals surface area (Å²) in [6.07, 6.45) is 6.84. The molecule has 0 aromatic carbocycles. The Bertz CT molecular complexity index is 705. The van der Waals surface area contributed by atoms with Gasteiger partial charge in [0, 0.05) is 31.5 Å². The molecular formula is C17H26FN7O.